The van der Waals surface area contributed by atoms with Gasteiger partial charge in [-0.25, -0.2) is 8.42 Å². The molecule has 1 aliphatic rings. The van der Waals surface area contributed by atoms with E-state index in [2.05, 4.69) is 38.5 Å². The Hall–Kier alpha value is -0.290. The van der Waals surface area contributed by atoms with Gasteiger partial charge in [-0.3, -0.25) is 0 Å². The highest BCUT2D eigenvalue weighted by Gasteiger charge is 2.38. The van der Waals surface area contributed by atoms with Gasteiger partial charge < -0.3 is 4.74 Å². The predicted molar refractivity (Wildman–Crippen MR) is 109 cm³/mol. The molecule has 1 unspecified atom stereocenters. The number of nitrogens with zero attached hydrogens (tertiary/aromatic N) is 1. The summed E-state index contributed by atoms with van der Waals surface area (Å²) in [6, 6.07) is 12.6. The van der Waals surface area contributed by atoms with Crippen LogP contribution in [0.1, 0.15) is 10.9 Å². The van der Waals surface area contributed by atoms with E-state index in [0.717, 1.165) is 19.4 Å². The molecule has 1 atom stereocenters. The third-order valence-corrected chi connectivity index (χ3v) is 8.19. The topological polar surface area (TPSA) is 46.6 Å². The van der Waals surface area contributed by atoms with Crippen LogP contribution in [0, 0.1) is 3.57 Å². The molecule has 8 heteroatoms. The SMILES string of the molecule is COc1ccc(Br)cc1C1SCCN1S(=O)(=O)c1ccc(I)cc1. The minimum Gasteiger partial charge on any atom is -0.496 e. The van der Waals surface area contributed by atoms with E-state index in [0.29, 0.717) is 17.2 Å². The van der Waals surface area contributed by atoms with Crippen molar-refractivity contribution in [2.75, 3.05) is 19.4 Å². The van der Waals surface area contributed by atoms with E-state index in [4.69, 9.17) is 4.74 Å². The van der Waals surface area contributed by atoms with Gasteiger partial charge in [0.15, 0.2) is 0 Å². The van der Waals surface area contributed by atoms with Gasteiger partial charge >= 0.3 is 0 Å². The molecule has 4 nitrogen and oxygen atoms in total. The normalized spacial score (nSPS) is 18.7. The number of hydrogen-bond acceptors (Lipinski definition) is 4. The van der Waals surface area contributed by atoms with Crippen LogP contribution in [0.3, 0.4) is 0 Å². The minimum absolute atomic E-state index is 0.290. The molecular weight excluding hydrogens is 525 g/mol. The van der Waals surface area contributed by atoms with Crippen LogP contribution < -0.4 is 4.74 Å². The third kappa shape index (κ3) is 3.62. The Morgan fingerprint density at radius 1 is 1.25 bits per heavy atom. The molecule has 0 aliphatic carbocycles. The van der Waals surface area contributed by atoms with Crippen LogP contribution in [-0.2, 0) is 10.0 Å². The number of thioether (sulfide) groups is 1. The molecule has 0 bridgehead atoms. The van der Waals surface area contributed by atoms with Crippen molar-refractivity contribution in [3.05, 3.63) is 56.1 Å². The Morgan fingerprint density at radius 2 is 1.96 bits per heavy atom. The fourth-order valence-corrected chi connectivity index (χ4v) is 6.57. The van der Waals surface area contributed by atoms with Crippen LogP contribution in [0.15, 0.2) is 51.8 Å². The van der Waals surface area contributed by atoms with Gasteiger partial charge in [0.2, 0.25) is 10.0 Å². The predicted octanol–water partition coefficient (Wildman–Crippen LogP) is 4.50. The monoisotopic (exact) mass is 539 g/mol. The first-order valence-electron chi connectivity index (χ1n) is 7.16. The summed E-state index contributed by atoms with van der Waals surface area (Å²) in [5.41, 5.74) is 0.864. The average Bonchev–Trinajstić information content (AvgIpc) is 3.05. The fraction of sp³-hybridized carbons (Fsp3) is 0.250. The Balaban J connectivity index is 2.02. The first-order chi connectivity index (χ1) is 11.4. The van der Waals surface area contributed by atoms with E-state index in [-0.39, 0.29) is 5.37 Å². The summed E-state index contributed by atoms with van der Waals surface area (Å²) in [6.45, 7) is 0.485. The van der Waals surface area contributed by atoms with E-state index >= 15 is 0 Å². The summed E-state index contributed by atoms with van der Waals surface area (Å²) in [7, 11) is -1.95. The van der Waals surface area contributed by atoms with Gasteiger partial charge in [0.1, 0.15) is 5.75 Å². The minimum atomic E-state index is -3.55. The Morgan fingerprint density at radius 3 is 2.62 bits per heavy atom. The maximum atomic E-state index is 13.1. The molecule has 128 valence electrons. The molecule has 0 amide bonds. The van der Waals surface area contributed by atoms with Gasteiger partial charge in [-0.05, 0) is 65.1 Å². The highest BCUT2D eigenvalue weighted by molar-refractivity contribution is 14.1. The maximum absolute atomic E-state index is 13.1. The molecule has 2 aromatic carbocycles. The second-order valence-electron chi connectivity index (χ2n) is 5.18. The van der Waals surface area contributed by atoms with Gasteiger partial charge in [0.25, 0.3) is 0 Å². The average molecular weight is 540 g/mol. The van der Waals surface area contributed by atoms with E-state index < -0.39 is 10.0 Å². The first kappa shape index (κ1) is 18.5. The number of sulfonamides is 1. The van der Waals surface area contributed by atoms with Crippen LogP contribution in [0.2, 0.25) is 0 Å². The standard InChI is InChI=1S/C16H15BrINO3S2/c1-22-15-7-2-11(17)10-14(15)16-19(8-9-23-16)24(20,21)13-5-3-12(18)4-6-13/h2-7,10,16H,8-9H2,1H3. The van der Waals surface area contributed by atoms with E-state index in [1.54, 1.807) is 35.3 Å². The van der Waals surface area contributed by atoms with Crippen LogP contribution >= 0.6 is 50.3 Å². The Labute approximate surface area is 168 Å². The Bertz CT molecular complexity index is 843. The molecule has 0 saturated carbocycles. The molecule has 2 aromatic rings. The van der Waals surface area contributed by atoms with Gasteiger partial charge in [0, 0.05) is 25.9 Å². The van der Waals surface area contributed by atoms with Crippen LogP contribution in [0.4, 0.5) is 0 Å². The second-order valence-corrected chi connectivity index (χ2v) is 10.4. The molecule has 3 rings (SSSR count). The van der Waals surface area contributed by atoms with E-state index in [9.17, 15) is 8.42 Å². The summed E-state index contributed by atoms with van der Waals surface area (Å²) in [5, 5.41) is -0.290. The zero-order valence-corrected chi connectivity index (χ0v) is 18.2. The largest absolute Gasteiger partial charge is 0.496 e. The molecule has 1 aliphatic heterocycles. The van der Waals surface area contributed by atoms with Crippen LogP contribution in [-0.4, -0.2) is 32.1 Å². The smallest absolute Gasteiger partial charge is 0.244 e. The Kier molecular flexibility index (Phi) is 5.80. The van der Waals surface area contributed by atoms with Crippen molar-refractivity contribution in [1.29, 1.82) is 0 Å². The van der Waals surface area contributed by atoms with Gasteiger partial charge in [-0.2, -0.15) is 4.31 Å². The lowest BCUT2D eigenvalue weighted by molar-refractivity contribution is 0.390. The third-order valence-electron chi connectivity index (χ3n) is 3.73. The second kappa shape index (κ2) is 7.53. The molecule has 1 heterocycles. The lowest BCUT2D eigenvalue weighted by atomic mass is 10.2. The number of methoxy groups -OCH3 is 1. The highest BCUT2D eigenvalue weighted by Crippen LogP contribution is 2.45. The molecule has 24 heavy (non-hydrogen) atoms. The summed E-state index contributed by atoms with van der Waals surface area (Å²) in [6.07, 6.45) is 0. The van der Waals surface area contributed by atoms with Crippen molar-refractivity contribution in [1.82, 2.24) is 4.31 Å². The van der Waals surface area contributed by atoms with Crippen LogP contribution in [0.25, 0.3) is 0 Å². The summed E-state index contributed by atoms with van der Waals surface area (Å²) in [4.78, 5) is 0.323. The molecule has 1 fully saturated rings. The van der Waals surface area contributed by atoms with Crippen molar-refractivity contribution in [3.63, 3.8) is 0 Å². The number of halogens is 2. The summed E-state index contributed by atoms with van der Waals surface area (Å²) < 4.78 is 35.0. The number of hydrogen-bond donors (Lipinski definition) is 0. The zero-order chi connectivity index (χ0) is 17.3. The maximum Gasteiger partial charge on any atom is 0.244 e. The highest BCUT2D eigenvalue weighted by atomic mass is 127. The number of rotatable bonds is 4. The van der Waals surface area contributed by atoms with Gasteiger partial charge in [0.05, 0.1) is 17.4 Å². The molecule has 0 radical (unpaired) electrons. The van der Waals surface area contributed by atoms with E-state index in [1.165, 1.54) is 0 Å². The zero-order valence-electron chi connectivity index (χ0n) is 12.8. The molecule has 0 N–H and O–H groups in total. The van der Waals surface area contributed by atoms with E-state index in [1.807, 2.05) is 30.3 Å². The van der Waals surface area contributed by atoms with Gasteiger partial charge in [-0.1, -0.05) is 15.9 Å². The quantitative estimate of drug-likeness (QED) is 0.537. The summed E-state index contributed by atoms with van der Waals surface area (Å²) >= 11 is 7.24. The number of benzene rings is 2. The molecular formula is C16H15BrINO3S2. The first-order valence-corrected chi connectivity index (χ1v) is 11.5. The lowest BCUT2D eigenvalue weighted by Gasteiger charge is -2.25. The van der Waals surface area contributed by atoms with Crippen molar-refractivity contribution >= 4 is 60.3 Å². The van der Waals surface area contributed by atoms with Crippen molar-refractivity contribution < 1.29 is 13.2 Å². The molecule has 1 saturated heterocycles. The van der Waals surface area contributed by atoms with Crippen molar-refractivity contribution in [2.24, 2.45) is 0 Å². The number of ether oxygens (including phenoxy) is 1. The summed E-state index contributed by atoms with van der Waals surface area (Å²) in [5.74, 6) is 1.45. The molecule has 0 aromatic heterocycles. The molecule has 0 spiro atoms. The lowest BCUT2D eigenvalue weighted by Crippen LogP contribution is -2.30. The van der Waals surface area contributed by atoms with Crippen molar-refractivity contribution in [3.8, 4) is 5.75 Å². The van der Waals surface area contributed by atoms with Crippen LogP contribution in [0.5, 0.6) is 5.75 Å². The van der Waals surface area contributed by atoms with Crippen molar-refractivity contribution in [2.45, 2.75) is 10.3 Å². The van der Waals surface area contributed by atoms with Gasteiger partial charge in [-0.15, -0.1) is 11.8 Å². The fourth-order valence-electron chi connectivity index (χ4n) is 2.59.